The second-order valence-electron chi connectivity index (χ2n) is 3.75. The Morgan fingerprint density at radius 3 is 2.72 bits per heavy atom. The molecule has 8 heteroatoms. The van der Waals surface area contributed by atoms with Crippen molar-refractivity contribution in [1.82, 2.24) is 5.43 Å². The van der Waals surface area contributed by atoms with Crippen molar-refractivity contribution in [3.8, 4) is 0 Å². The molecule has 1 aliphatic heterocycles. The van der Waals surface area contributed by atoms with Crippen molar-refractivity contribution < 1.29 is 5.11 Å². The van der Waals surface area contributed by atoms with Crippen LogP contribution in [0.15, 0.2) is 28.3 Å². The summed E-state index contributed by atoms with van der Waals surface area (Å²) in [6.07, 6.45) is 0. The Kier molecular flexibility index (Phi) is 3.45. The molecule has 1 heterocycles. The zero-order chi connectivity index (χ0) is 13.3. The average molecular weight is 288 g/mol. The Hall–Kier alpha value is -1.34. The zero-order valence-corrected chi connectivity index (χ0v) is 10.7. The summed E-state index contributed by atoms with van der Waals surface area (Å²) in [6, 6.07) is 5.08. The highest BCUT2D eigenvalue weighted by Gasteiger charge is 2.29. The van der Waals surface area contributed by atoms with E-state index in [0.717, 1.165) is 0 Å². The highest BCUT2D eigenvalue weighted by atomic mass is 35.5. The van der Waals surface area contributed by atoms with Gasteiger partial charge in [0.15, 0.2) is 5.84 Å². The number of halogens is 2. The van der Waals surface area contributed by atoms with Gasteiger partial charge in [-0.25, -0.2) is 4.99 Å². The summed E-state index contributed by atoms with van der Waals surface area (Å²) in [7, 11) is 0. The Balaban J connectivity index is 2.43. The van der Waals surface area contributed by atoms with E-state index in [1.807, 2.05) is 0 Å². The molecule has 0 saturated heterocycles. The van der Waals surface area contributed by atoms with Crippen LogP contribution in [0, 0.1) is 0 Å². The van der Waals surface area contributed by atoms with Gasteiger partial charge in [-0.15, -0.1) is 0 Å². The van der Waals surface area contributed by atoms with Gasteiger partial charge in [0.05, 0.1) is 10.0 Å². The van der Waals surface area contributed by atoms with Gasteiger partial charge in [-0.3, -0.25) is 11.2 Å². The molecule has 96 valence electrons. The number of hydrogen-bond acceptors (Lipinski definition) is 6. The quantitative estimate of drug-likeness (QED) is 0.626. The van der Waals surface area contributed by atoms with Crippen LogP contribution in [0.25, 0.3) is 0 Å². The molecule has 0 spiro atoms. The molecule has 0 saturated carbocycles. The van der Waals surface area contributed by atoms with Crippen LogP contribution >= 0.6 is 23.2 Å². The number of hydrazone groups is 1. The first kappa shape index (κ1) is 13.1. The summed E-state index contributed by atoms with van der Waals surface area (Å²) in [4.78, 5) is 3.94. The topological polar surface area (TPSA) is 109 Å². The van der Waals surface area contributed by atoms with Gasteiger partial charge in [0.2, 0.25) is 5.79 Å². The highest BCUT2D eigenvalue weighted by Crippen LogP contribution is 2.26. The fraction of sp³-hybridized carbons (Fsp3) is 0.200. The van der Waals surface area contributed by atoms with Crippen molar-refractivity contribution in [3.05, 3.63) is 33.8 Å². The molecule has 0 aromatic heterocycles. The van der Waals surface area contributed by atoms with Gasteiger partial charge < -0.3 is 10.8 Å². The van der Waals surface area contributed by atoms with Crippen molar-refractivity contribution in [2.75, 3.05) is 6.61 Å². The van der Waals surface area contributed by atoms with Crippen LogP contribution in [-0.4, -0.2) is 29.0 Å². The van der Waals surface area contributed by atoms with Crippen LogP contribution in [0.3, 0.4) is 0 Å². The van der Waals surface area contributed by atoms with Gasteiger partial charge in [0.25, 0.3) is 0 Å². The lowest BCUT2D eigenvalue weighted by Gasteiger charge is -2.27. The van der Waals surface area contributed by atoms with E-state index in [0.29, 0.717) is 21.3 Å². The number of nitrogens with zero attached hydrogens (tertiary/aromatic N) is 2. The maximum atomic E-state index is 9.06. The minimum absolute atomic E-state index is 0.0782. The summed E-state index contributed by atoms with van der Waals surface area (Å²) < 4.78 is 0. The van der Waals surface area contributed by atoms with Crippen molar-refractivity contribution in [2.24, 2.45) is 21.6 Å². The van der Waals surface area contributed by atoms with Gasteiger partial charge in [0, 0.05) is 5.56 Å². The van der Waals surface area contributed by atoms with E-state index in [-0.39, 0.29) is 5.84 Å². The minimum Gasteiger partial charge on any atom is -0.390 e. The lowest BCUT2D eigenvalue weighted by atomic mass is 10.1. The average Bonchev–Trinajstić information content (AvgIpc) is 2.34. The number of rotatable bonds is 2. The smallest absolute Gasteiger partial charge is 0.222 e. The Morgan fingerprint density at radius 1 is 1.39 bits per heavy atom. The van der Waals surface area contributed by atoms with E-state index < -0.39 is 12.4 Å². The molecule has 1 atom stereocenters. The summed E-state index contributed by atoms with van der Waals surface area (Å²) in [5.41, 5.74) is 14.8. The third-order valence-electron chi connectivity index (χ3n) is 2.37. The third kappa shape index (κ3) is 2.28. The van der Waals surface area contributed by atoms with E-state index in [9.17, 15) is 0 Å². The monoisotopic (exact) mass is 287 g/mol. The molecule has 1 aliphatic rings. The second-order valence-corrected chi connectivity index (χ2v) is 4.54. The molecule has 18 heavy (non-hydrogen) atoms. The first-order valence-electron chi connectivity index (χ1n) is 5.01. The molecule has 0 amide bonds. The normalized spacial score (nSPS) is 23.1. The predicted octanol–water partition coefficient (Wildman–Crippen LogP) is 0.263. The van der Waals surface area contributed by atoms with E-state index in [4.69, 9.17) is 39.8 Å². The molecule has 2 rings (SSSR count). The Morgan fingerprint density at radius 2 is 2.11 bits per heavy atom. The molecule has 1 unspecified atom stereocenters. The lowest BCUT2D eigenvalue weighted by Crippen LogP contribution is -2.57. The Labute approximate surface area is 113 Å². The number of aliphatic imine (C=N–C) groups is 1. The first-order valence-corrected chi connectivity index (χ1v) is 5.77. The van der Waals surface area contributed by atoms with Crippen molar-refractivity contribution in [3.63, 3.8) is 0 Å². The number of amidine groups is 1. The molecular weight excluding hydrogens is 277 g/mol. The van der Waals surface area contributed by atoms with Gasteiger partial charge in [-0.2, -0.15) is 5.10 Å². The van der Waals surface area contributed by atoms with E-state index >= 15 is 0 Å². The number of aliphatic hydroxyl groups is 1. The lowest BCUT2D eigenvalue weighted by molar-refractivity contribution is 0.172. The van der Waals surface area contributed by atoms with Crippen LogP contribution in [0.5, 0.6) is 0 Å². The van der Waals surface area contributed by atoms with Crippen LogP contribution < -0.4 is 16.9 Å². The number of aliphatic hydroxyl groups excluding tert-OH is 1. The number of benzene rings is 1. The SMILES string of the molecule is NC1=NC(N)(CO)NN=C1c1cccc(Cl)c1Cl. The number of nitrogens with one attached hydrogen (secondary N) is 1. The maximum absolute atomic E-state index is 9.06. The van der Waals surface area contributed by atoms with E-state index in [2.05, 4.69) is 15.5 Å². The molecule has 1 aromatic rings. The van der Waals surface area contributed by atoms with Crippen LogP contribution in [0.4, 0.5) is 0 Å². The van der Waals surface area contributed by atoms with Gasteiger partial charge in [0.1, 0.15) is 12.3 Å². The maximum Gasteiger partial charge on any atom is 0.222 e. The Bertz CT molecular complexity index is 545. The number of hydrogen-bond donors (Lipinski definition) is 4. The molecular formula is C10H11Cl2N5O. The van der Waals surface area contributed by atoms with Crippen molar-refractivity contribution in [2.45, 2.75) is 5.79 Å². The summed E-state index contributed by atoms with van der Waals surface area (Å²) in [5, 5.41) is 13.8. The molecule has 0 aliphatic carbocycles. The first-order chi connectivity index (χ1) is 8.47. The number of nitrogens with two attached hydrogens (primary N) is 2. The van der Waals surface area contributed by atoms with Gasteiger partial charge in [-0.1, -0.05) is 35.3 Å². The van der Waals surface area contributed by atoms with Crippen LogP contribution in [0.2, 0.25) is 10.0 Å². The highest BCUT2D eigenvalue weighted by molar-refractivity contribution is 6.52. The van der Waals surface area contributed by atoms with Crippen LogP contribution in [-0.2, 0) is 0 Å². The van der Waals surface area contributed by atoms with Crippen LogP contribution in [0.1, 0.15) is 5.56 Å². The molecule has 0 bridgehead atoms. The van der Waals surface area contributed by atoms with Crippen molar-refractivity contribution >= 4 is 34.7 Å². The fourth-order valence-corrected chi connectivity index (χ4v) is 1.85. The molecule has 0 fully saturated rings. The predicted molar refractivity (Wildman–Crippen MR) is 71.8 cm³/mol. The molecule has 0 radical (unpaired) electrons. The van der Waals surface area contributed by atoms with Gasteiger partial charge in [-0.05, 0) is 6.07 Å². The van der Waals surface area contributed by atoms with Gasteiger partial charge >= 0.3 is 0 Å². The third-order valence-corrected chi connectivity index (χ3v) is 3.19. The fourth-order valence-electron chi connectivity index (χ4n) is 1.46. The molecule has 6 N–H and O–H groups in total. The minimum atomic E-state index is -1.40. The summed E-state index contributed by atoms with van der Waals surface area (Å²) >= 11 is 12.0. The second kappa shape index (κ2) is 4.74. The summed E-state index contributed by atoms with van der Waals surface area (Å²) in [5.74, 6) is -1.33. The van der Waals surface area contributed by atoms with Crippen molar-refractivity contribution in [1.29, 1.82) is 0 Å². The van der Waals surface area contributed by atoms with E-state index in [1.165, 1.54) is 0 Å². The molecule has 6 nitrogen and oxygen atoms in total. The zero-order valence-electron chi connectivity index (χ0n) is 9.19. The van der Waals surface area contributed by atoms with E-state index in [1.54, 1.807) is 18.2 Å². The summed E-state index contributed by atoms with van der Waals surface area (Å²) in [6.45, 7) is -0.437. The molecule has 1 aromatic carbocycles. The largest absolute Gasteiger partial charge is 0.390 e. The standard InChI is InChI=1S/C10H11Cl2N5O/c11-6-3-1-2-5(7(6)12)8-9(13)15-10(14,4-18)17-16-8/h1-3,17-18H,4,14H2,(H2,13,15).